The lowest BCUT2D eigenvalue weighted by atomic mass is 10.1. The monoisotopic (exact) mass is 423 g/mol. The van der Waals surface area contributed by atoms with Gasteiger partial charge < -0.3 is 5.11 Å². The lowest BCUT2D eigenvalue weighted by Gasteiger charge is -2.23. The van der Waals surface area contributed by atoms with Gasteiger partial charge in [-0.1, -0.05) is 83.6 Å². The van der Waals surface area contributed by atoms with Gasteiger partial charge in [-0.2, -0.15) is 0 Å². The first-order valence-electron chi connectivity index (χ1n) is 7.39. The molecular weight excluding hydrogens is 413 g/mol. The molecule has 132 valence electrons. The van der Waals surface area contributed by atoms with Gasteiger partial charge in [0.05, 0.1) is 4.91 Å². The number of aliphatic carboxylic acids is 1. The van der Waals surface area contributed by atoms with E-state index >= 15 is 0 Å². The number of halogens is 2. The molecule has 0 radical (unpaired) electrons. The van der Waals surface area contributed by atoms with Crippen LogP contribution in [0.1, 0.15) is 17.2 Å². The summed E-state index contributed by atoms with van der Waals surface area (Å²) >= 11 is 18.6. The Balaban J connectivity index is 2.01. The molecule has 1 aliphatic heterocycles. The second-order valence-electron chi connectivity index (χ2n) is 5.34. The average Bonchev–Trinajstić information content (AvgIpc) is 2.87. The second kappa shape index (κ2) is 7.80. The summed E-state index contributed by atoms with van der Waals surface area (Å²) in [6.45, 7) is 0. The van der Waals surface area contributed by atoms with E-state index in [1.54, 1.807) is 48.5 Å². The highest BCUT2D eigenvalue weighted by Gasteiger charge is 2.41. The third-order valence-corrected chi connectivity index (χ3v) is 5.70. The Bertz CT molecular complexity index is 911. The SMILES string of the molecule is O=C(O)C(c1ccccc1)N1C(=O)/C(=C\c2c(Cl)cccc2Cl)SC1=S. The Morgan fingerprint density at radius 3 is 2.31 bits per heavy atom. The van der Waals surface area contributed by atoms with Crippen LogP contribution in [0.5, 0.6) is 0 Å². The van der Waals surface area contributed by atoms with Gasteiger partial charge in [0, 0.05) is 15.6 Å². The molecule has 3 rings (SSSR count). The fraction of sp³-hybridized carbons (Fsp3) is 0.0556. The van der Waals surface area contributed by atoms with Crippen molar-refractivity contribution in [3.05, 3.63) is 74.6 Å². The number of thiocarbonyl (C=S) groups is 1. The van der Waals surface area contributed by atoms with Crippen LogP contribution in [0, 0.1) is 0 Å². The number of carboxylic acid groups (broad SMARTS) is 1. The third-order valence-electron chi connectivity index (χ3n) is 3.71. The standard InChI is InChI=1S/C18H11Cl2NO3S2/c19-12-7-4-8-13(20)11(12)9-14-16(22)21(18(25)26-14)15(17(23)24)10-5-2-1-3-6-10/h1-9,15H,(H,23,24)/b14-9+. The number of hydrogen-bond acceptors (Lipinski definition) is 4. The Morgan fingerprint density at radius 2 is 1.73 bits per heavy atom. The largest absolute Gasteiger partial charge is 0.479 e. The molecule has 1 atom stereocenters. The molecule has 2 aromatic rings. The second-order valence-corrected chi connectivity index (χ2v) is 7.83. The number of benzene rings is 2. The molecule has 1 unspecified atom stereocenters. The van der Waals surface area contributed by atoms with Crippen molar-refractivity contribution in [3.8, 4) is 0 Å². The van der Waals surface area contributed by atoms with Crippen molar-refractivity contribution in [2.45, 2.75) is 6.04 Å². The number of amides is 1. The highest BCUT2D eigenvalue weighted by atomic mass is 35.5. The van der Waals surface area contributed by atoms with Crippen molar-refractivity contribution in [1.82, 2.24) is 4.90 Å². The van der Waals surface area contributed by atoms with Gasteiger partial charge in [-0.15, -0.1) is 0 Å². The number of hydrogen-bond donors (Lipinski definition) is 1. The van der Waals surface area contributed by atoms with Gasteiger partial charge in [0.2, 0.25) is 0 Å². The fourth-order valence-electron chi connectivity index (χ4n) is 2.52. The summed E-state index contributed by atoms with van der Waals surface area (Å²) in [5.74, 6) is -1.66. The van der Waals surface area contributed by atoms with Crippen LogP contribution in [0.2, 0.25) is 10.0 Å². The molecule has 26 heavy (non-hydrogen) atoms. The molecule has 4 nitrogen and oxygen atoms in total. The van der Waals surface area contributed by atoms with Crippen LogP contribution in [0.3, 0.4) is 0 Å². The van der Waals surface area contributed by atoms with Crippen molar-refractivity contribution >= 4 is 69.5 Å². The molecule has 0 aromatic heterocycles. The highest BCUT2D eigenvalue weighted by Crippen LogP contribution is 2.39. The van der Waals surface area contributed by atoms with Gasteiger partial charge in [0.15, 0.2) is 6.04 Å². The molecule has 0 bridgehead atoms. The van der Waals surface area contributed by atoms with Gasteiger partial charge in [-0.05, 0) is 23.8 Å². The highest BCUT2D eigenvalue weighted by molar-refractivity contribution is 8.26. The summed E-state index contributed by atoms with van der Waals surface area (Å²) in [6, 6.07) is 12.3. The first kappa shape index (κ1) is 18.9. The van der Waals surface area contributed by atoms with E-state index in [0.717, 1.165) is 16.7 Å². The molecule has 1 N–H and O–H groups in total. The van der Waals surface area contributed by atoms with Gasteiger partial charge in [-0.25, -0.2) is 4.79 Å². The van der Waals surface area contributed by atoms with E-state index in [2.05, 4.69) is 0 Å². The predicted octanol–water partition coefficient (Wildman–Crippen LogP) is 5.02. The minimum Gasteiger partial charge on any atom is -0.479 e. The quantitative estimate of drug-likeness (QED) is 0.552. The van der Waals surface area contributed by atoms with Gasteiger partial charge in [-0.3, -0.25) is 9.69 Å². The van der Waals surface area contributed by atoms with E-state index in [1.807, 2.05) is 0 Å². The first-order valence-corrected chi connectivity index (χ1v) is 9.37. The normalized spacial score (nSPS) is 17.0. The van der Waals surface area contributed by atoms with E-state index in [-0.39, 0.29) is 9.23 Å². The van der Waals surface area contributed by atoms with Gasteiger partial charge in [0.25, 0.3) is 5.91 Å². The molecule has 0 saturated carbocycles. The molecule has 2 aromatic carbocycles. The number of rotatable bonds is 4. The number of carbonyl (C=O) groups is 2. The minimum absolute atomic E-state index is 0.167. The van der Waals surface area contributed by atoms with Crippen molar-refractivity contribution in [3.63, 3.8) is 0 Å². The van der Waals surface area contributed by atoms with E-state index in [4.69, 9.17) is 35.4 Å². The number of nitrogens with zero attached hydrogens (tertiary/aromatic N) is 1. The number of carbonyl (C=O) groups excluding carboxylic acids is 1. The summed E-state index contributed by atoms with van der Waals surface area (Å²) in [5, 5.41) is 10.4. The van der Waals surface area contributed by atoms with Crippen LogP contribution in [0.15, 0.2) is 53.4 Å². The lowest BCUT2D eigenvalue weighted by Crippen LogP contribution is -2.37. The summed E-state index contributed by atoms with van der Waals surface area (Å²) in [6.07, 6.45) is 1.54. The van der Waals surface area contributed by atoms with Gasteiger partial charge >= 0.3 is 5.97 Å². The maximum absolute atomic E-state index is 12.9. The molecular formula is C18H11Cl2NO3S2. The van der Waals surface area contributed by atoms with Crippen molar-refractivity contribution in [1.29, 1.82) is 0 Å². The summed E-state index contributed by atoms with van der Waals surface area (Å²) in [7, 11) is 0. The summed E-state index contributed by atoms with van der Waals surface area (Å²) in [5.41, 5.74) is 0.955. The van der Waals surface area contributed by atoms with Crippen LogP contribution in [-0.4, -0.2) is 26.2 Å². The zero-order valence-corrected chi connectivity index (χ0v) is 16.2. The molecule has 1 aliphatic rings. The van der Waals surface area contributed by atoms with E-state index < -0.39 is 17.9 Å². The Kier molecular flexibility index (Phi) is 5.67. The maximum Gasteiger partial charge on any atom is 0.331 e. The summed E-state index contributed by atoms with van der Waals surface area (Å²) in [4.78, 5) is 26.1. The first-order chi connectivity index (χ1) is 12.4. The smallest absolute Gasteiger partial charge is 0.331 e. The predicted molar refractivity (Wildman–Crippen MR) is 108 cm³/mol. The summed E-state index contributed by atoms with van der Waals surface area (Å²) < 4.78 is 0.167. The maximum atomic E-state index is 12.9. The Labute approximate surface area is 169 Å². The molecule has 1 amide bonds. The topological polar surface area (TPSA) is 57.6 Å². The lowest BCUT2D eigenvalue weighted by molar-refractivity contribution is -0.145. The fourth-order valence-corrected chi connectivity index (χ4v) is 4.32. The Hall–Kier alpha value is -1.86. The van der Waals surface area contributed by atoms with Crippen molar-refractivity contribution < 1.29 is 14.7 Å². The number of thioether (sulfide) groups is 1. The van der Waals surface area contributed by atoms with Crippen LogP contribution in [0.25, 0.3) is 6.08 Å². The zero-order chi connectivity index (χ0) is 18.8. The average molecular weight is 424 g/mol. The minimum atomic E-state index is -1.20. The van der Waals surface area contributed by atoms with E-state index in [1.165, 1.54) is 6.08 Å². The molecule has 1 saturated heterocycles. The van der Waals surface area contributed by atoms with Crippen LogP contribution < -0.4 is 0 Å². The van der Waals surface area contributed by atoms with Crippen molar-refractivity contribution in [2.24, 2.45) is 0 Å². The molecule has 8 heteroatoms. The third kappa shape index (κ3) is 3.64. The molecule has 1 heterocycles. The van der Waals surface area contributed by atoms with Gasteiger partial charge in [0.1, 0.15) is 4.32 Å². The molecule has 0 aliphatic carbocycles. The van der Waals surface area contributed by atoms with E-state index in [9.17, 15) is 14.7 Å². The van der Waals surface area contributed by atoms with Crippen LogP contribution >= 0.6 is 47.2 Å². The molecule has 1 fully saturated rings. The zero-order valence-electron chi connectivity index (χ0n) is 13.1. The van der Waals surface area contributed by atoms with E-state index in [0.29, 0.717) is 21.2 Å². The number of carboxylic acids is 1. The van der Waals surface area contributed by atoms with Crippen LogP contribution in [0.4, 0.5) is 0 Å². The van der Waals surface area contributed by atoms with Crippen molar-refractivity contribution in [2.75, 3.05) is 0 Å². The Morgan fingerprint density at radius 1 is 1.12 bits per heavy atom. The van der Waals surface area contributed by atoms with Crippen LogP contribution in [-0.2, 0) is 9.59 Å². The molecule has 0 spiro atoms.